The van der Waals surface area contributed by atoms with Crippen molar-refractivity contribution in [1.29, 1.82) is 5.26 Å². The molecule has 0 aliphatic carbocycles. The number of nitrogens with zero attached hydrogens (tertiary/aromatic N) is 2. The first kappa shape index (κ1) is 25.8. The highest BCUT2D eigenvalue weighted by Gasteiger charge is 2.17. The maximum Gasteiger partial charge on any atom is 0.271 e. The number of amides is 1. The van der Waals surface area contributed by atoms with Crippen LogP contribution in [0, 0.1) is 21.4 Å². The summed E-state index contributed by atoms with van der Waals surface area (Å²) < 4.78 is 11.2. The van der Waals surface area contributed by atoms with Crippen LogP contribution >= 0.6 is 34.8 Å². The van der Waals surface area contributed by atoms with Gasteiger partial charge in [0.15, 0.2) is 11.5 Å². The van der Waals surface area contributed by atoms with Crippen molar-refractivity contribution in [2.45, 2.75) is 6.61 Å². The largest absolute Gasteiger partial charge is 0.493 e. The molecule has 0 atom stereocenters. The smallest absolute Gasteiger partial charge is 0.271 e. The lowest BCUT2D eigenvalue weighted by Crippen LogP contribution is -2.14. The van der Waals surface area contributed by atoms with Gasteiger partial charge in [0.1, 0.15) is 18.2 Å². The molecule has 178 valence electrons. The fraction of sp³-hybridized carbons (Fsp3) is 0.0833. The number of benzene rings is 3. The van der Waals surface area contributed by atoms with Gasteiger partial charge in [0.05, 0.1) is 27.8 Å². The van der Waals surface area contributed by atoms with E-state index < -0.39 is 10.8 Å². The number of nitrogens with one attached hydrogen (secondary N) is 1. The standard InChI is InChI=1S/C24H16Cl3N3O5/c1-34-22-10-14(9-20(27)23(22)35-13-15-4-2-3-5-18(15)25)8-16(12-28)24(31)29-21-11-17(30(32)33)6-7-19(21)26/h2-11H,13H2,1H3,(H,29,31)/b16-8+. The first-order valence-corrected chi connectivity index (χ1v) is 11.0. The van der Waals surface area contributed by atoms with Crippen LogP contribution in [0.4, 0.5) is 11.4 Å². The Bertz CT molecular complexity index is 1370. The number of halogens is 3. The van der Waals surface area contributed by atoms with E-state index in [4.69, 9.17) is 44.3 Å². The van der Waals surface area contributed by atoms with Crippen LogP contribution < -0.4 is 14.8 Å². The molecular formula is C24H16Cl3N3O5. The minimum absolute atomic E-state index is 0.00838. The summed E-state index contributed by atoms with van der Waals surface area (Å²) in [6, 6.07) is 15.6. The molecule has 1 N–H and O–H groups in total. The number of non-ortho nitro benzene ring substituents is 1. The van der Waals surface area contributed by atoms with Gasteiger partial charge in [-0.1, -0.05) is 53.0 Å². The zero-order chi connectivity index (χ0) is 25.5. The van der Waals surface area contributed by atoms with Crippen LogP contribution in [-0.2, 0) is 11.4 Å². The van der Waals surface area contributed by atoms with E-state index in [9.17, 15) is 20.2 Å². The monoisotopic (exact) mass is 531 g/mol. The van der Waals surface area contributed by atoms with Crippen LogP contribution in [0.15, 0.2) is 60.2 Å². The number of carbonyl (C=O) groups excluding carboxylic acids is 1. The number of hydrogen-bond acceptors (Lipinski definition) is 6. The van der Waals surface area contributed by atoms with E-state index in [1.807, 2.05) is 12.1 Å². The Balaban J connectivity index is 1.85. The zero-order valence-electron chi connectivity index (χ0n) is 18.1. The van der Waals surface area contributed by atoms with Crippen molar-refractivity contribution in [2.75, 3.05) is 12.4 Å². The molecule has 0 fully saturated rings. The normalized spacial score (nSPS) is 10.9. The second kappa shape index (κ2) is 11.6. The van der Waals surface area contributed by atoms with Crippen molar-refractivity contribution < 1.29 is 19.2 Å². The summed E-state index contributed by atoms with van der Waals surface area (Å²) in [5.74, 6) is -0.281. The highest BCUT2D eigenvalue weighted by Crippen LogP contribution is 2.38. The summed E-state index contributed by atoms with van der Waals surface area (Å²) in [4.78, 5) is 23.0. The summed E-state index contributed by atoms with van der Waals surface area (Å²) in [5, 5.41) is 23.7. The third kappa shape index (κ3) is 6.43. The molecule has 0 unspecified atom stereocenters. The number of nitro groups is 1. The second-order valence-electron chi connectivity index (χ2n) is 6.96. The van der Waals surface area contributed by atoms with Crippen LogP contribution in [0.5, 0.6) is 11.5 Å². The summed E-state index contributed by atoms with van der Waals surface area (Å²) in [5.41, 5.74) is 0.561. The second-order valence-corrected chi connectivity index (χ2v) is 8.18. The number of carbonyl (C=O) groups is 1. The molecule has 0 aliphatic heterocycles. The molecule has 35 heavy (non-hydrogen) atoms. The van der Waals surface area contributed by atoms with Gasteiger partial charge in [0.25, 0.3) is 11.6 Å². The molecule has 3 rings (SSSR count). The van der Waals surface area contributed by atoms with Gasteiger partial charge in [-0.05, 0) is 35.9 Å². The van der Waals surface area contributed by atoms with E-state index in [1.54, 1.807) is 24.3 Å². The minimum Gasteiger partial charge on any atom is -0.493 e. The van der Waals surface area contributed by atoms with Gasteiger partial charge in [-0.25, -0.2) is 0 Å². The molecule has 0 aromatic heterocycles. The summed E-state index contributed by atoms with van der Waals surface area (Å²) in [7, 11) is 1.42. The van der Waals surface area contributed by atoms with Crippen LogP contribution in [0.25, 0.3) is 6.08 Å². The van der Waals surface area contributed by atoms with Crippen LogP contribution in [-0.4, -0.2) is 17.9 Å². The first-order valence-electron chi connectivity index (χ1n) is 9.84. The molecular weight excluding hydrogens is 517 g/mol. The van der Waals surface area contributed by atoms with Crippen LogP contribution in [0.2, 0.25) is 15.1 Å². The quantitative estimate of drug-likeness (QED) is 0.150. The molecule has 11 heteroatoms. The lowest BCUT2D eigenvalue weighted by Gasteiger charge is -2.14. The van der Waals surface area contributed by atoms with Crippen molar-refractivity contribution >= 4 is 58.2 Å². The van der Waals surface area contributed by atoms with E-state index in [0.717, 1.165) is 11.6 Å². The van der Waals surface area contributed by atoms with Crippen LogP contribution in [0.1, 0.15) is 11.1 Å². The maximum absolute atomic E-state index is 12.6. The number of hydrogen-bond donors (Lipinski definition) is 1. The Morgan fingerprint density at radius 1 is 1.11 bits per heavy atom. The molecule has 3 aromatic carbocycles. The summed E-state index contributed by atoms with van der Waals surface area (Å²) >= 11 is 18.6. The molecule has 0 heterocycles. The first-order chi connectivity index (χ1) is 16.7. The molecule has 0 saturated carbocycles. The summed E-state index contributed by atoms with van der Waals surface area (Å²) in [6.45, 7) is 0.140. The van der Waals surface area contributed by atoms with Gasteiger partial charge in [0.2, 0.25) is 0 Å². The maximum atomic E-state index is 12.6. The van der Waals surface area contributed by atoms with Gasteiger partial charge >= 0.3 is 0 Å². The lowest BCUT2D eigenvalue weighted by atomic mass is 10.1. The van der Waals surface area contributed by atoms with E-state index in [0.29, 0.717) is 10.6 Å². The lowest BCUT2D eigenvalue weighted by molar-refractivity contribution is -0.384. The molecule has 8 nitrogen and oxygen atoms in total. The van der Waals surface area contributed by atoms with E-state index in [1.165, 1.54) is 31.4 Å². The molecule has 1 amide bonds. The molecule has 3 aromatic rings. The average Bonchev–Trinajstić information content (AvgIpc) is 2.83. The Kier molecular flexibility index (Phi) is 8.55. The fourth-order valence-corrected chi connectivity index (χ4v) is 3.58. The number of methoxy groups -OCH3 is 1. The number of nitro benzene ring substituents is 1. The SMILES string of the molecule is COc1cc(/C=C(\C#N)C(=O)Nc2cc([N+](=O)[O-])ccc2Cl)cc(Cl)c1OCc1ccccc1Cl. The van der Waals surface area contributed by atoms with Crippen molar-refractivity contribution in [3.63, 3.8) is 0 Å². The molecule has 0 saturated heterocycles. The van der Waals surface area contributed by atoms with Crippen molar-refractivity contribution in [2.24, 2.45) is 0 Å². The van der Waals surface area contributed by atoms with Crippen molar-refractivity contribution in [3.05, 3.63) is 96.5 Å². The topological polar surface area (TPSA) is 114 Å². The predicted molar refractivity (Wildman–Crippen MR) is 134 cm³/mol. The number of ether oxygens (including phenoxy) is 2. The van der Waals surface area contributed by atoms with Gasteiger partial charge in [-0.2, -0.15) is 5.26 Å². The summed E-state index contributed by atoms with van der Waals surface area (Å²) in [6.07, 6.45) is 1.28. The van der Waals surface area contributed by atoms with Crippen molar-refractivity contribution in [1.82, 2.24) is 0 Å². The van der Waals surface area contributed by atoms with E-state index in [2.05, 4.69) is 5.32 Å². The van der Waals surface area contributed by atoms with Gasteiger partial charge < -0.3 is 14.8 Å². The van der Waals surface area contributed by atoms with E-state index >= 15 is 0 Å². The number of nitriles is 1. The average molecular weight is 533 g/mol. The minimum atomic E-state index is -0.816. The molecule has 0 spiro atoms. The highest BCUT2D eigenvalue weighted by molar-refractivity contribution is 6.34. The highest BCUT2D eigenvalue weighted by atomic mass is 35.5. The molecule has 0 aliphatic rings. The van der Waals surface area contributed by atoms with Gasteiger partial charge in [-0.15, -0.1) is 0 Å². The zero-order valence-corrected chi connectivity index (χ0v) is 20.3. The third-order valence-electron chi connectivity index (χ3n) is 4.67. The van der Waals surface area contributed by atoms with Crippen LogP contribution in [0.3, 0.4) is 0 Å². The van der Waals surface area contributed by atoms with Crippen molar-refractivity contribution in [3.8, 4) is 17.6 Å². The van der Waals surface area contributed by atoms with Gasteiger partial charge in [0, 0.05) is 22.7 Å². The molecule has 0 bridgehead atoms. The molecule has 0 radical (unpaired) electrons. The number of rotatable bonds is 8. The third-order valence-corrected chi connectivity index (χ3v) is 5.65. The fourth-order valence-electron chi connectivity index (χ4n) is 2.96. The van der Waals surface area contributed by atoms with Gasteiger partial charge in [-0.3, -0.25) is 14.9 Å². The Hall–Kier alpha value is -3.77. The predicted octanol–water partition coefficient (Wildman–Crippen LogP) is 6.69. The van der Waals surface area contributed by atoms with E-state index in [-0.39, 0.29) is 45.1 Å². The number of anilines is 1. The Morgan fingerprint density at radius 2 is 1.86 bits per heavy atom. The Labute approximate surface area is 215 Å². The Morgan fingerprint density at radius 3 is 2.51 bits per heavy atom.